The number of rotatable bonds is 8. The zero-order chi connectivity index (χ0) is 31.0. The summed E-state index contributed by atoms with van der Waals surface area (Å²) in [7, 11) is 0. The maximum Gasteiger partial charge on any atom is 0.419 e. The summed E-state index contributed by atoms with van der Waals surface area (Å²) < 4.78 is 75.6. The van der Waals surface area contributed by atoms with Crippen LogP contribution >= 0.6 is 12.2 Å². The van der Waals surface area contributed by atoms with Crippen molar-refractivity contribution in [3.8, 4) is 6.07 Å². The Kier molecular flexibility index (Phi) is 9.11. The maximum atomic E-state index is 14.6. The van der Waals surface area contributed by atoms with Gasteiger partial charge in [0.15, 0.2) is 10.8 Å². The van der Waals surface area contributed by atoms with E-state index in [0.29, 0.717) is 31.7 Å². The minimum Gasteiger partial charge on any atom is -0.480 e. The average molecular weight is 618 g/mol. The van der Waals surface area contributed by atoms with Crippen molar-refractivity contribution in [3.05, 3.63) is 23.5 Å². The van der Waals surface area contributed by atoms with Crippen LogP contribution in [0.4, 0.5) is 27.6 Å². The first-order valence-corrected chi connectivity index (χ1v) is 14.1. The minimum absolute atomic E-state index is 0.0467. The normalized spacial score (nSPS) is 26.4. The zero-order valence-electron chi connectivity index (χ0n) is 23.2. The lowest BCUT2D eigenvalue weighted by Gasteiger charge is -2.41. The molecule has 3 aliphatic rings. The van der Waals surface area contributed by atoms with Crippen LogP contribution in [-0.2, 0) is 20.5 Å². The third-order valence-electron chi connectivity index (χ3n) is 8.28. The van der Waals surface area contributed by atoms with Gasteiger partial charge in [-0.1, -0.05) is 0 Å². The molecule has 1 unspecified atom stereocenters. The molecule has 1 amide bonds. The highest BCUT2D eigenvalue weighted by molar-refractivity contribution is 7.80. The number of anilines is 1. The largest absolute Gasteiger partial charge is 0.480 e. The van der Waals surface area contributed by atoms with E-state index >= 15 is 0 Å². The highest BCUT2D eigenvalue weighted by Gasteiger charge is 2.53. The fraction of sp³-hybridized carbons (Fsp3) is 0.667. The highest BCUT2D eigenvalue weighted by atomic mass is 32.1. The number of aromatic nitrogens is 1. The number of amides is 1. The van der Waals surface area contributed by atoms with Gasteiger partial charge in [-0.25, -0.2) is 13.8 Å². The van der Waals surface area contributed by atoms with Crippen LogP contribution in [-0.4, -0.2) is 86.7 Å². The van der Waals surface area contributed by atoms with E-state index in [0.717, 1.165) is 11.1 Å². The fourth-order valence-corrected chi connectivity index (χ4v) is 6.68. The molecule has 1 N–H and O–H groups in total. The van der Waals surface area contributed by atoms with E-state index in [9.17, 15) is 31.5 Å². The summed E-state index contributed by atoms with van der Waals surface area (Å²) in [6.07, 6.45) is -1.36. The molecule has 15 heteroatoms. The van der Waals surface area contributed by atoms with Gasteiger partial charge < -0.3 is 14.7 Å². The third-order valence-corrected chi connectivity index (χ3v) is 8.66. The number of nitriles is 1. The predicted octanol–water partition coefficient (Wildman–Crippen LogP) is 4.44. The highest BCUT2D eigenvalue weighted by Crippen LogP contribution is 2.40. The van der Waals surface area contributed by atoms with Crippen LogP contribution in [0.3, 0.4) is 0 Å². The number of hydrogen-bond acceptors (Lipinski definition) is 7. The second kappa shape index (κ2) is 12.0. The van der Waals surface area contributed by atoms with E-state index in [-0.39, 0.29) is 48.9 Å². The van der Waals surface area contributed by atoms with Gasteiger partial charge in [0.25, 0.3) is 11.8 Å². The molecule has 1 saturated carbocycles. The van der Waals surface area contributed by atoms with Crippen LogP contribution < -0.4 is 4.90 Å². The molecule has 42 heavy (non-hydrogen) atoms. The van der Waals surface area contributed by atoms with Crippen molar-refractivity contribution in [2.24, 2.45) is 5.92 Å². The summed E-state index contributed by atoms with van der Waals surface area (Å²) in [5.74, 6) is -5.55. The van der Waals surface area contributed by atoms with Crippen molar-refractivity contribution < 1.29 is 41.4 Å². The van der Waals surface area contributed by atoms with Crippen LogP contribution in [0.1, 0.15) is 63.6 Å². The molecule has 2 aliphatic heterocycles. The number of pyridine rings is 1. The quantitative estimate of drug-likeness (QED) is 0.334. The zero-order valence-corrected chi connectivity index (χ0v) is 24.0. The number of nitrogens with zero attached hydrogens (tertiary/aromatic N) is 5. The summed E-state index contributed by atoms with van der Waals surface area (Å²) in [6.45, 7) is 2.71. The number of carbonyl (C=O) groups is 2. The first kappa shape index (κ1) is 32.0. The molecule has 230 valence electrons. The van der Waals surface area contributed by atoms with Gasteiger partial charge in [-0.3, -0.25) is 19.4 Å². The lowest BCUT2D eigenvalue weighted by atomic mass is 9.88. The molecule has 1 aromatic rings. The number of aliphatic carboxylic acids is 1. The van der Waals surface area contributed by atoms with E-state index in [1.807, 2.05) is 0 Å². The van der Waals surface area contributed by atoms with Gasteiger partial charge in [0, 0.05) is 18.6 Å². The summed E-state index contributed by atoms with van der Waals surface area (Å²) in [4.78, 5) is 31.9. The number of thiocarbonyl (C=S) groups is 1. The second-order valence-corrected chi connectivity index (χ2v) is 11.9. The van der Waals surface area contributed by atoms with Crippen molar-refractivity contribution in [2.75, 3.05) is 31.1 Å². The average Bonchev–Trinajstić information content (AvgIpc) is 3.07. The number of ether oxygens (including phenoxy) is 1. The van der Waals surface area contributed by atoms with Gasteiger partial charge in [-0.15, -0.1) is 0 Å². The molecule has 0 spiro atoms. The topological polar surface area (TPSA) is 110 Å². The first-order valence-electron chi connectivity index (χ1n) is 13.6. The first-order chi connectivity index (χ1) is 19.6. The molecule has 3 heterocycles. The SMILES string of the molecule is CC1(C)C(=O)N(c2cnc(C#N)c(C(F)(F)F)c2)C(=S)N1C1CCC(OCCC2CCN(CC(=O)O)CC2(F)F)CC1. The van der Waals surface area contributed by atoms with Crippen molar-refractivity contribution in [1.82, 2.24) is 14.8 Å². The van der Waals surface area contributed by atoms with Gasteiger partial charge in [0.2, 0.25) is 0 Å². The van der Waals surface area contributed by atoms with E-state index in [2.05, 4.69) is 4.98 Å². The van der Waals surface area contributed by atoms with E-state index in [1.54, 1.807) is 18.7 Å². The van der Waals surface area contributed by atoms with Gasteiger partial charge in [-0.05, 0) is 77.2 Å². The summed E-state index contributed by atoms with van der Waals surface area (Å²) in [5.41, 5.74) is -3.38. The standard InChI is InChI=1S/C27H32F5N5O4S/c1-25(2)23(40)36(18-11-20(27(30,31)32)21(12-33)34-13-18)24(42)37(25)17-3-5-19(6-4-17)41-10-8-16-7-9-35(14-22(38)39)15-26(16,28)29/h11,13,16-17,19H,3-10,14-15H2,1-2H3,(H,38,39). The van der Waals surface area contributed by atoms with Crippen molar-refractivity contribution in [3.63, 3.8) is 0 Å². The van der Waals surface area contributed by atoms with Crippen LogP contribution in [0.5, 0.6) is 0 Å². The number of carboxylic acids is 1. The van der Waals surface area contributed by atoms with Crippen LogP contribution in [0.15, 0.2) is 12.3 Å². The van der Waals surface area contributed by atoms with Crippen molar-refractivity contribution >= 4 is 34.9 Å². The smallest absolute Gasteiger partial charge is 0.419 e. The molecule has 1 atom stereocenters. The van der Waals surface area contributed by atoms with Gasteiger partial charge in [0.1, 0.15) is 11.6 Å². The monoisotopic (exact) mass is 617 g/mol. The molecule has 1 aliphatic carbocycles. The molecule has 0 bridgehead atoms. The number of halogens is 5. The number of carbonyl (C=O) groups excluding carboxylic acids is 1. The van der Waals surface area contributed by atoms with Gasteiger partial charge >= 0.3 is 12.1 Å². The van der Waals surface area contributed by atoms with E-state index < -0.39 is 59.8 Å². The molecular formula is C27H32F5N5O4S. The van der Waals surface area contributed by atoms with Crippen LogP contribution in [0.2, 0.25) is 0 Å². The molecule has 4 rings (SSSR count). The minimum atomic E-state index is -4.85. The Morgan fingerprint density at radius 2 is 1.90 bits per heavy atom. The fourth-order valence-electron chi connectivity index (χ4n) is 6.12. The molecular weight excluding hydrogens is 585 g/mol. The predicted molar refractivity (Wildman–Crippen MR) is 144 cm³/mol. The Balaban J connectivity index is 1.35. The molecule has 9 nitrogen and oxygen atoms in total. The lowest BCUT2D eigenvalue weighted by molar-refractivity contribution is -0.146. The van der Waals surface area contributed by atoms with Crippen LogP contribution in [0, 0.1) is 17.2 Å². The Hall–Kier alpha value is -2.96. The number of hydrogen-bond donors (Lipinski definition) is 1. The number of piperidine rings is 1. The Morgan fingerprint density at radius 1 is 1.24 bits per heavy atom. The number of likely N-dealkylation sites (tertiary alicyclic amines) is 1. The summed E-state index contributed by atoms with van der Waals surface area (Å²) in [5, 5.41) is 18.0. The maximum absolute atomic E-state index is 14.6. The lowest BCUT2D eigenvalue weighted by Crippen LogP contribution is -2.51. The Bertz CT molecular complexity index is 1260. The summed E-state index contributed by atoms with van der Waals surface area (Å²) in [6, 6.07) is 1.93. The van der Waals surface area contributed by atoms with Crippen molar-refractivity contribution in [1.29, 1.82) is 5.26 Å². The molecule has 0 radical (unpaired) electrons. The summed E-state index contributed by atoms with van der Waals surface area (Å²) >= 11 is 5.59. The van der Waals surface area contributed by atoms with Crippen LogP contribution in [0.25, 0.3) is 0 Å². The van der Waals surface area contributed by atoms with Gasteiger partial charge in [-0.2, -0.15) is 18.4 Å². The molecule has 3 fully saturated rings. The Morgan fingerprint density at radius 3 is 2.48 bits per heavy atom. The van der Waals surface area contributed by atoms with Gasteiger partial charge in [0.05, 0.1) is 36.6 Å². The van der Waals surface area contributed by atoms with E-state index in [1.165, 1.54) is 11.0 Å². The second-order valence-electron chi connectivity index (χ2n) is 11.5. The molecule has 0 aromatic carbocycles. The third kappa shape index (κ3) is 6.50. The number of alkyl halides is 5. The molecule has 2 saturated heterocycles. The van der Waals surface area contributed by atoms with E-state index in [4.69, 9.17) is 27.3 Å². The number of carboxylic acid groups (broad SMARTS) is 1. The van der Waals surface area contributed by atoms with Crippen molar-refractivity contribution in [2.45, 2.75) is 82.2 Å². The molecule has 1 aromatic heterocycles. The Labute approximate surface area is 245 Å².